The van der Waals surface area contributed by atoms with Gasteiger partial charge in [0.25, 0.3) is 0 Å². The Morgan fingerprint density at radius 1 is 1.33 bits per heavy atom. The fourth-order valence-electron chi connectivity index (χ4n) is 3.50. The van der Waals surface area contributed by atoms with E-state index in [0.717, 1.165) is 37.0 Å². The van der Waals surface area contributed by atoms with Crippen molar-refractivity contribution >= 4 is 28.3 Å². The largest absolute Gasteiger partial charge is 0.341 e. The molecular weight excluding hydrogens is 318 g/mol. The number of aromatic nitrogens is 2. The van der Waals surface area contributed by atoms with E-state index >= 15 is 0 Å². The Labute approximate surface area is 145 Å². The van der Waals surface area contributed by atoms with Gasteiger partial charge >= 0.3 is 0 Å². The van der Waals surface area contributed by atoms with Crippen LogP contribution >= 0.6 is 11.3 Å². The maximum Gasteiger partial charge on any atom is 0.223 e. The van der Waals surface area contributed by atoms with E-state index in [1.807, 2.05) is 29.4 Å². The average Bonchev–Trinajstić information content (AvgIpc) is 3.31. The van der Waals surface area contributed by atoms with Crippen LogP contribution in [0.15, 0.2) is 42.0 Å². The first-order chi connectivity index (χ1) is 11.7. The van der Waals surface area contributed by atoms with E-state index in [2.05, 4.69) is 34.0 Å². The van der Waals surface area contributed by atoms with Crippen molar-refractivity contribution in [1.29, 1.82) is 0 Å². The molecule has 1 aliphatic rings. The fourth-order valence-corrected chi connectivity index (χ4v) is 4.41. The molecule has 1 unspecified atom stereocenters. The minimum Gasteiger partial charge on any atom is -0.341 e. The molecule has 2 aromatic heterocycles. The van der Waals surface area contributed by atoms with Crippen molar-refractivity contribution in [3.8, 4) is 0 Å². The highest BCUT2D eigenvalue weighted by molar-refractivity contribution is 7.10. The second-order valence-electron chi connectivity index (χ2n) is 6.45. The molecule has 3 heterocycles. The minimum absolute atomic E-state index is 0.273. The Hall–Kier alpha value is -2.14. The third-order valence-corrected chi connectivity index (χ3v) is 6.01. The first-order valence-electron chi connectivity index (χ1n) is 8.44. The fraction of sp³-hybridized carbons (Fsp3) is 0.368. The first-order valence-corrected chi connectivity index (χ1v) is 9.32. The third-order valence-electron chi connectivity index (χ3n) is 4.92. The second kappa shape index (κ2) is 6.40. The van der Waals surface area contributed by atoms with Crippen LogP contribution in [0.2, 0.25) is 0 Å². The highest BCUT2D eigenvalue weighted by atomic mass is 32.1. The quantitative estimate of drug-likeness (QED) is 0.725. The van der Waals surface area contributed by atoms with E-state index in [4.69, 9.17) is 0 Å². The van der Waals surface area contributed by atoms with Crippen molar-refractivity contribution in [2.75, 3.05) is 13.1 Å². The Kier molecular flexibility index (Phi) is 4.10. The van der Waals surface area contributed by atoms with Crippen molar-refractivity contribution in [3.05, 3.63) is 52.5 Å². The number of para-hydroxylation sites is 2. The molecule has 124 valence electrons. The number of amides is 1. The summed E-state index contributed by atoms with van der Waals surface area (Å²) in [6.45, 7) is 3.76. The molecule has 4 nitrogen and oxygen atoms in total. The number of rotatable bonds is 4. The molecule has 1 amide bonds. The summed E-state index contributed by atoms with van der Waals surface area (Å²) in [4.78, 5) is 20.4. The topological polar surface area (TPSA) is 38.1 Å². The van der Waals surface area contributed by atoms with E-state index in [1.54, 1.807) is 11.3 Å². The number of carbonyl (C=O) groups is 1. The van der Waals surface area contributed by atoms with Crippen LogP contribution in [0.3, 0.4) is 0 Å². The summed E-state index contributed by atoms with van der Waals surface area (Å²) < 4.78 is 2.23. The summed E-state index contributed by atoms with van der Waals surface area (Å²) in [5.41, 5.74) is 3.48. The number of thiophene rings is 1. The van der Waals surface area contributed by atoms with Crippen molar-refractivity contribution < 1.29 is 4.79 Å². The van der Waals surface area contributed by atoms with Crippen LogP contribution in [0.1, 0.15) is 29.3 Å². The molecule has 24 heavy (non-hydrogen) atoms. The van der Waals surface area contributed by atoms with Gasteiger partial charge in [0, 0.05) is 24.4 Å². The number of likely N-dealkylation sites (tertiary alicyclic amines) is 1. The molecule has 3 aromatic rings. The van der Waals surface area contributed by atoms with Gasteiger partial charge in [-0.1, -0.05) is 12.1 Å². The van der Waals surface area contributed by atoms with Gasteiger partial charge in [-0.05, 0) is 48.9 Å². The van der Waals surface area contributed by atoms with Gasteiger partial charge in [0.2, 0.25) is 5.91 Å². The van der Waals surface area contributed by atoms with Crippen LogP contribution in [0.25, 0.3) is 11.0 Å². The predicted octanol–water partition coefficient (Wildman–Crippen LogP) is 3.81. The lowest BCUT2D eigenvalue weighted by molar-refractivity contribution is -0.130. The minimum atomic E-state index is 0.273. The van der Waals surface area contributed by atoms with Crippen molar-refractivity contribution in [2.45, 2.75) is 32.2 Å². The van der Waals surface area contributed by atoms with Gasteiger partial charge in [-0.15, -0.1) is 11.3 Å². The van der Waals surface area contributed by atoms with E-state index in [-0.39, 0.29) is 5.91 Å². The molecule has 0 N–H and O–H groups in total. The molecule has 1 aromatic carbocycles. The lowest BCUT2D eigenvalue weighted by atomic mass is 10.2. The van der Waals surface area contributed by atoms with Crippen LogP contribution in [-0.4, -0.2) is 33.4 Å². The van der Waals surface area contributed by atoms with Crippen molar-refractivity contribution in [1.82, 2.24) is 14.5 Å². The molecule has 1 saturated heterocycles. The lowest BCUT2D eigenvalue weighted by Crippen LogP contribution is -2.29. The average molecular weight is 339 g/mol. The molecular formula is C19H21N3OS. The maximum absolute atomic E-state index is 12.5. The Morgan fingerprint density at radius 3 is 3.04 bits per heavy atom. The zero-order valence-corrected chi connectivity index (χ0v) is 14.6. The Balaban J connectivity index is 1.41. The normalized spacial score (nSPS) is 17.7. The van der Waals surface area contributed by atoms with Crippen LogP contribution < -0.4 is 0 Å². The number of nitrogens with zero attached hydrogens (tertiary/aromatic N) is 3. The molecule has 1 atom stereocenters. The number of hydrogen-bond acceptors (Lipinski definition) is 3. The maximum atomic E-state index is 12.5. The van der Waals surface area contributed by atoms with Crippen molar-refractivity contribution in [2.24, 2.45) is 0 Å². The van der Waals surface area contributed by atoms with Crippen LogP contribution in [0.4, 0.5) is 0 Å². The number of benzene rings is 1. The summed E-state index contributed by atoms with van der Waals surface area (Å²) in [6.07, 6.45) is 4.39. The van der Waals surface area contributed by atoms with Gasteiger partial charge in [-0.2, -0.15) is 0 Å². The van der Waals surface area contributed by atoms with Crippen LogP contribution in [-0.2, 0) is 11.2 Å². The van der Waals surface area contributed by atoms with Gasteiger partial charge in [-0.3, -0.25) is 4.79 Å². The van der Waals surface area contributed by atoms with E-state index in [1.165, 1.54) is 10.4 Å². The zero-order chi connectivity index (χ0) is 16.5. The molecule has 0 bridgehead atoms. The lowest BCUT2D eigenvalue weighted by Gasteiger charge is -2.17. The highest BCUT2D eigenvalue weighted by Crippen LogP contribution is 2.26. The summed E-state index contributed by atoms with van der Waals surface area (Å²) in [6, 6.07) is 10.7. The smallest absolute Gasteiger partial charge is 0.223 e. The number of aryl methyl sites for hydroxylation is 2. The molecule has 1 aliphatic heterocycles. The molecule has 0 saturated carbocycles. The molecule has 1 fully saturated rings. The SMILES string of the molecule is Cc1ccsc1CCC(=O)N1CCC(n2cnc3ccccc32)C1. The Morgan fingerprint density at radius 2 is 2.21 bits per heavy atom. The van der Waals surface area contributed by atoms with Crippen LogP contribution in [0, 0.1) is 6.92 Å². The van der Waals surface area contributed by atoms with E-state index in [9.17, 15) is 4.79 Å². The van der Waals surface area contributed by atoms with Gasteiger partial charge in [-0.25, -0.2) is 4.98 Å². The van der Waals surface area contributed by atoms with E-state index in [0.29, 0.717) is 12.5 Å². The summed E-state index contributed by atoms with van der Waals surface area (Å²) in [5, 5.41) is 2.10. The van der Waals surface area contributed by atoms with Gasteiger partial charge in [0.15, 0.2) is 0 Å². The van der Waals surface area contributed by atoms with Gasteiger partial charge in [0.1, 0.15) is 0 Å². The number of carbonyl (C=O) groups excluding carboxylic acids is 1. The monoisotopic (exact) mass is 339 g/mol. The molecule has 0 spiro atoms. The highest BCUT2D eigenvalue weighted by Gasteiger charge is 2.27. The second-order valence-corrected chi connectivity index (χ2v) is 7.45. The van der Waals surface area contributed by atoms with Gasteiger partial charge < -0.3 is 9.47 Å². The van der Waals surface area contributed by atoms with Gasteiger partial charge in [0.05, 0.1) is 23.4 Å². The third kappa shape index (κ3) is 2.84. The molecule has 0 aliphatic carbocycles. The zero-order valence-electron chi connectivity index (χ0n) is 13.8. The summed E-state index contributed by atoms with van der Waals surface area (Å²) in [7, 11) is 0. The number of hydrogen-bond donors (Lipinski definition) is 0. The predicted molar refractivity (Wildman–Crippen MR) is 97.3 cm³/mol. The molecule has 5 heteroatoms. The Bertz CT molecular complexity index is 866. The first kappa shape index (κ1) is 15.4. The molecule has 0 radical (unpaired) electrons. The summed E-state index contributed by atoms with van der Waals surface area (Å²) in [5.74, 6) is 0.273. The molecule has 4 rings (SSSR count). The van der Waals surface area contributed by atoms with E-state index < -0.39 is 0 Å². The number of imidazole rings is 1. The summed E-state index contributed by atoms with van der Waals surface area (Å²) >= 11 is 1.75. The number of fused-ring (bicyclic) bond motifs is 1. The van der Waals surface area contributed by atoms with Crippen molar-refractivity contribution in [3.63, 3.8) is 0 Å². The standard InChI is InChI=1S/C19H21N3OS/c1-14-9-11-24-18(14)6-7-19(23)21-10-8-15(12-21)22-13-20-16-4-2-3-5-17(16)22/h2-5,9,11,13,15H,6-8,10,12H2,1H3. The van der Waals surface area contributed by atoms with Crippen LogP contribution in [0.5, 0.6) is 0 Å².